The molecule has 0 aromatic heterocycles. The van der Waals surface area contributed by atoms with Crippen LogP contribution in [-0.4, -0.2) is 123 Å². The molecule has 1 aliphatic heterocycles. The maximum Gasteiger partial charge on any atom is 0.411 e. The van der Waals surface area contributed by atoms with Gasteiger partial charge in [-0.2, -0.15) is 0 Å². The van der Waals surface area contributed by atoms with Crippen LogP contribution < -0.4 is 25.6 Å². The van der Waals surface area contributed by atoms with Gasteiger partial charge >= 0.3 is 19.6 Å². The van der Waals surface area contributed by atoms with Gasteiger partial charge < -0.3 is 34.7 Å². The molecule has 402 valence electrons. The van der Waals surface area contributed by atoms with Gasteiger partial charge in [0.1, 0.15) is 53.7 Å². The number of unbranched alkanes of at least 4 members (excludes halogenated alkanes) is 2. The average Bonchev–Trinajstić information content (AvgIpc) is 3.68. The molecule has 4 N–H and O–H groups in total. The van der Waals surface area contributed by atoms with Crippen molar-refractivity contribution >= 4 is 64.6 Å². The van der Waals surface area contributed by atoms with Crippen molar-refractivity contribution in [2.24, 2.45) is 5.92 Å². The van der Waals surface area contributed by atoms with Crippen molar-refractivity contribution in [3.05, 3.63) is 120 Å². The Morgan fingerprint density at radius 2 is 1.39 bits per heavy atom. The number of sulfone groups is 1. The molecular formula is C52H69N6O14PS. The first-order chi connectivity index (χ1) is 35.1. The minimum absolute atomic E-state index is 0.00821. The number of ether oxygens (including phenoxy) is 3. The zero-order valence-corrected chi connectivity index (χ0v) is 44.5. The van der Waals surface area contributed by atoms with E-state index in [1.54, 1.807) is 88.4 Å². The lowest BCUT2D eigenvalue weighted by Crippen LogP contribution is -2.53. The Morgan fingerprint density at radius 1 is 0.770 bits per heavy atom. The first-order valence-corrected chi connectivity index (χ1v) is 28.2. The quantitative estimate of drug-likeness (QED) is 0.0143. The van der Waals surface area contributed by atoms with E-state index in [2.05, 4.69) is 21.0 Å². The topological polar surface area (TPSA) is 262 Å². The first-order valence-electron chi connectivity index (χ1n) is 24.3. The number of nitrogens with one attached hydrogen (secondary N) is 4. The maximum absolute atomic E-state index is 14.1. The molecule has 3 aromatic rings. The van der Waals surface area contributed by atoms with E-state index in [1.165, 1.54) is 19.1 Å². The largest absolute Gasteiger partial charge is 0.460 e. The van der Waals surface area contributed by atoms with Gasteiger partial charge in [-0.05, 0) is 81.3 Å². The number of carbonyl (C=O) groups excluding carboxylic acids is 7. The van der Waals surface area contributed by atoms with Gasteiger partial charge in [-0.3, -0.25) is 43.1 Å². The average molecular weight is 1070 g/mol. The molecular weight excluding hydrogens is 996 g/mol. The van der Waals surface area contributed by atoms with Crippen LogP contribution in [0.25, 0.3) is 0 Å². The van der Waals surface area contributed by atoms with E-state index in [0.717, 1.165) is 21.6 Å². The SMILES string of the molecule is C/C(=C\CCP(=O)(N[C@@H](C)C(=O)OCc1ccccc1)Oc1ccccc1)COCN(CCS(C)(=O)=O)C(=O)OCc1ccc(NC(=O)[C@H](C)NC(=O)[C@@H](NC(=O)CCCCCN2C(=O)C=CC2=O)C(C)C)cc1. The molecule has 6 amide bonds. The molecule has 1 heterocycles. The lowest BCUT2D eigenvalue weighted by molar-refractivity contribution is -0.146. The van der Waals surface area contributed by atoms with Crippen LogP contribution in [0.2, 0.25) is 0 Å². The minimum Gasteiger partial charge on any atom is -0.460 e. The number of imide groups is 1. The number of esters is 1. The molecule has 4 rings (SSSR count). The number of hydrogen-bond acceptors (Lipinski definition) is 14. The van der Waals surface area contributed by atoms with Gasteiger partial charge in [0.05, 0.1) is 18.5 Å². The van der Waals surface area contributed by atoms with Crippen LogP contribution >= 0.6 is 7.52 Å². The number of rotatable bonds is 31. The Kier molecular flexibility index (Phi) is 24.2. The molecule has 0 saturated carbocycles. The van der Waals surface area contributed by atoms with Crippen LogP contribution in [0, 0.1) is 5.92 Å². The van der Waals surface area contributed by atoms with Crippen molar-refractivity contribution in [1.82, 2.24) is 25.5 Å². The molecule has 0 fully saturated rings. The number of anilines is 1. The summed E-state index contributed by atoms with van der Waals surface area (Å²) in [6, 6.07) is 21.3. The van der Waals surface area contributed by atoms with E-state index >= 15 is 0 Å². The molecule has 0 spiro atoms. The van der Waals surface area contributed by atoms with E-state index in [-0.39, 0.29) is 88.0 Å². The summed E-state index contributed by atoms with van der Waals surface area (Å²) in [6.07, 6.45) is 6.46. The third-order valence-electron chi connectivity index (χ3n) is 11.2. The Morgan fingerprint density at radius 3 is 2.03 bits per heavy atom. The molecule has 4 atom stereocenters. The predicted molar refractivity (Wildman–Crippen MR) is 278 cm³/mol. The van der Waals surface area contributed by atoms with Crippen LogP contribution in [0.5, 0.6) is 5.75 Å². The summed E-state index contributed by atoms with van der Waals surface area (Å²) in [5.41, 5.74) is 2.45. The summed E-state index contributed by atoms with van der Waals surface area (Å²) in [5.74, 6) is -3.01. The number of para-hydroxylation sites is 1. The molecule has 0 radical (unpaired) electrons. The second kappa shape index (κ2) is 29.9. The zero-order chi connectivity index (χ0) is 54.3. The first kappa shape index (κ1) is 59.9. The van der Waals surface area contributed by atoms with Crippen molar-refractivity contribution in [2.75, 3.05) is 49.9 Å². The van der Waals surface area contributed by atoms with Crippen molar-refractivity contribution in [3.8, 4) is 5.75 Å². The molecule has 22 heteroatoms. The summed E-state index contributed by atoms with van der Waals surface area (Å²) in [7, 11) is -7.14. The lowest BCUT2D eigenvalue weighted by Gasteiger charge is -2.24. The molecule has 0 bridgehead atoms. The number of amides is 6. The molecule has 0 saturated heterocycles. The Hall–Kier alpha value is -6.67. The molecule has 1 aliphatic rings. The number of nitrogens with zero attached hydrogens (tertiary/aromatic N) is 2. The Bertz CT molecular complexity index is 2580. The Labute approximate surface area is 433 Å². The fourth-order valence-electron chi connectivity index (χ4n) is 7.04. The van der Waals surface area contributed by atoms with Crippen LogP contribution in [0.3, 0.4) is 0 Å². The summed E-state index contributed by atoms with van der Waals surface area (Å²) in [4.78, 5) is 90.7. The molecule has 1 unspecified atom stereocenters. The smallest absolute Gasteiger partial charge is 0.411 e. The van der Waals surface area contributed by atoms with Gasteiger partial charge in [0, 0.05) is 43.6 Å². The standard InChI is InChI=1S/C52H69N6O14PS/c1-37(2)48(55-45(59)22-14-9-15-29-58-46(60)27-28-47(58)61)50(63)53-39(4)49(62)54-43-25-23-42(24-26-43)35-71-52(65)57(30-32-74(6,67)68)36-69-33-38(3)17-16-31-73(66,72-44-20-12-8-13-21-44)56-40(5)51(64)70-34-41-18-10-7-11-19-41/h7-8,10-13,17-21,23-28,37,39-40,48H,9,14-16,22,29-36H2,1-6H3,(H,53,63)(H,54,62)(H,55,59)(H,56,66)/b38-17+/t39-,40-,48-,73?/m0/s1. The highest BCUT2D eigenvalue weighted by Gasteiger charge is 2.31. The third kappa shape index (κ3) is 21.8. The summed E-state index contributed by atoms with van der Waals surface area (Å²) >= 11 is 0. The molecule has 0 aliphatic carbocycles. The van der Waals surface area contributed by atoms with E-state index < -0.39 is 59.4 Å². The summed E-state index contributed by atoms with van der Waals surface area (Å²) < 4.78 is 60.9. The highest BCUT2D eigenvalue weighted by Crippen LogP contribution is 2.44. The van der Waals surface area contributed by atoms with E-state index in [0.29, 0.717) is 41.8 Å². The number of allylic oxidation sites excluding steroid dienone is 1. The second-order valence-corrected chi connectivity index (χ2v) is 22.7. The zero-order valence-electron chi connectivity index (χ0n) is 42.8. The van der Waals surface area contributed by atoms with Crippen molar-refractivity contribution in [3.63, 3.8) is 0 Å². The van der Waals surface area contributed by atoms with E-state index in [1.807, 2.05) is 30.3 Å². The highest BCUT2D eigenvalue weighted by molar-refractivity contribution is 7.90. The fourth-order valence-corrected chi connectivity index (χ4v) is 9.49. The Balaban J connectivity index is 1.22. The van der Waals surface area contributed by atoms with Crippen LogP contribution in [0.4, 0.5) is 10.5 Å². The molecule has 20 nitrogen and oxygen atoms in total. The summed E-state index contributed by atoms with van der Waals surface area (Å²) in [5, 5.41) is 11.0. The minimum atomic E-state index is -3.67. The van der Waals surface area contributed by atoms with E-state index in [9.17, 15) is 46.5 Å². The highest BCUT2D eigenvalue weighted by atomic mass is 32.2. The van der Waals surface area contributed by atoms with Gasteiger partial charge in [-0.1, -0.05) is 92.6 Å². The van der Waals surface area contributed by atoms with Crippen molar-refractivity contribution in [1.29, 1.82) is 0 Å². The lowest BCUT2D eigenvalue weighted by atomic mass is 10.0. The van der Waals surface area contributed by atoms with Gasteiger partial charge in [0.15, 0.2) is 0 Å². The van der Waals surface area contributed by atoms with Gasteiger partial charge in [0.2, 0.25) is 17.7 Å². The predicted octanol–water partition coefficient (Wildman–Crippen LogP) is 6.04. The number of hydrogen-bond donors (Lipinski definition) is 4. The van der Waals surface area contributed by atoms with Gasteiger partial charge in [0.25, 0.3) is 11.8 Å². The summed E-state index contributed by atoms with van der Waals surface area (Å²) in [6.45, 7) is 7.97. The van der Waals surface area contributed by atoms with Crippen LogP contribution in [0.1, 0.15) is 77.8 Å². The third-order valence-corrected chi connectivity index (χ3v) is 14.3. The van der Waals surface area contributed by atoms with Gasteiger partial charge in [-0.15, -0.1) is 0 Å². The van der Waals surface area contributed by atoms with Crippen molar-refractivity contribution in [2.45, 2.75) is 98.1 Å². The number of benzene rings is 3. The maximum atomic E-state index is 14.1. The van der Waals surface area contributed by atoms with Crippen LogP contribution in [-0.2, 0) is 70.6 Å². The fraction of sp³-hybridized carbons (Fsp3) is 0.442. The second-order valence-electron chi connectivity index (χ2n) is 18.2. The molecule has 74 heavy (non-hydrogen) atoms. The monoisotopic (exact) mass is 1060 g/mol. The van der Waals surface area contributed by atoms with Gasteiger partial charge in [-0.25, -0.2) is 18.3 Å². The number of carbonyl (C=O) groups is 7. The van der Waals surface area contributed by atoms with Crippen LogP contribution in [0.15, 0.2) is 109 Å². The normalized spacial score (nSPS) is 14.6. The van der Waals surface area contributed by atoms with Crippen molar-refractivity contribution < 1.29 is 65.3 Å². The molecule has 3 aromatic carbocycles. The van der Waals surface area contributed by atoms with E-state index in [4.69, 9.17) is 18.7 Å².